The Hall–Kier alpha value is -1.49. The molecule has 0 aliphatic rings. The van der Waals surface area contributed by atoms with Crippen LogP contribution in [0.25, 0.3) is 0 Å². The lowest BCUT2D eigenvalue weighted by atomic mass is 10.3. The topological polar surface area (TPSA) is 62.2 Å². The number of rotatable bonds is 3. The van der Waals surface area contributed by atoms with Crippen molar-refractivity contribution in [2.75, 3.05) is 6.54 Å². The molecule has 1 rings (SSSR count). The number of nitrogens with zero attached hydrogens (tertiary/aromatic N) is 1. The fourth-order valence-electron chi connectivity index (χ4n) is 0.866. The molecule has 0 aliphatic carbocycles. The Morgan fingerprint density at radius 1 is 1.71 bits per heavy atom. The first-order chi connectivity index (χ1) is 6.59. The molecule has 4 nitrogen and oxygen atoms in total. The van der Waals surface area contributed by atoms with Crippen LogP contribution < -0.4 is 5.32 Å². The molecule has 0 saturated heterocycles. The predicted molar refractivity (Wildman–Crippen MR) is 48.2 cm³/mol. The van der Waals surface area contributed by atoms with Crippen molar-refractivity contribution >= 4 is 5.91 Å². The molecule has 0 saturated carbocycles. The molecule has 1 aromatic heterocycles. The van der Waals surface area contributed by atoms with Crippen molar-refractivity contribution in [1.82, 2.24) is 10.3 Å². The Balaban J connectivity index is 2.61. The third-order valence-electron chi connectivity index (χ3n) is 1.51. The summed E-state index contributed by atoms with van der Waals surface area (Å²) in [5.74, 6) is -1.19. The molecule has 76 valence electrons. The third kappa shape index (κ3) is 3.10. The van der Waals surface area contributed by atoms with Crippen LogP contribution in [0, 0.1) is 5.95 Å². The van der Waals surface area contributed by atoms with Gasteiger partial charge >= 0.3 is 0 Å². The van der Waals surface area contributed by atoms with Gasteiger partial charge in [-0.3, -0.25) is 4.79 Å². The highest BCUT2D eigenvalue weighted by atomic mass is 19.1. The lowest BCUT2D eigenvalue weighted by molar-refractivity contribution is 0.0918. The van der Waals surface area contributed by atoms with E-state index in [2.05, 4.69) is 10.3 Å². The lowest BCUT2D eigenvalue weighted by Gasteiger charge is -2.05. The van der Waals surface area contributed by atoms with Gasteiger partial charge in [0.25, 0.3) is 5.91 Å². The van der Waals surface area contributed by atoms with Gasteiger partial charge in [0.2, 0.25) is 5.95 Å². The zero-order valence-corrected chi connectivity index (χ0v) is 7.70. The number of hydrogen-bond donors (Lipinski definition) is 2. The molecule has 1 aromatic rings. The summed E-state index contributed by atoms with van der Waals surface area (Å²) in [4.78, 5) is 14.6. The average Bonchev–Trinajstić information content (AvgIpc) is 2.14. The van der Waals surface area contributed by atoms with Crippen LogP contribution in [0.2, 0.25) is 0 Å². The summed E-state index contributed by atoms with van der Waals surface area (Å²) < 4.78 is 12.6. The molecule has 0 spiro atoms. The highest BCUT2D eigenvalue weighted by molar-refractivity contribution is 5.92. The first kappa shape index (κ1) is 10.6. The number of aliphatic hydroxyl groups excluding tert-OH is 1. The fraction of sp³-hybridized carbons (Fsp3) is 0.333. The number of pyridine rings is 1. The summed E-state index contributed by atoms with van der Waals surface area (Å²) in [6.07, 6.45) is -0.632. The average molecular weight is 198 g/mol. The zero-order chi connectivity index (χ0) is 10.6. The van der Waals surface area contributed by atoms with Gasteiger partial charge in [-0.1, -0.05) is 6.07 Å². The number of nitrogens with one attached hydrogen (secondary N) is 1. The van der Waals surface area contributed by atoms with Crippen molar-refractivity contribution in [1.29, 1.82) is 0 Å². The number of amides is 1. The minimum atomic E-state index is -0.699. The van der Waals surface area contributed by atoms with Gasteiger partial charge in [0.15, 0.2) is 0 Å². The maximum Gasteiger partial charge on any atom is 0.270 e. The van der Waals surface area contributed by atoms with Crippen molar-refractivity contribution in [3.05, 3.63) is 29.8 Å². The van der Waals surface area contributed by atoms with E-state index in [-0.39, 0.29) is 12.2 Å². The molecule has 1 heterocycles. The quantitative estimate of drug-likeness (QED) is 0.688. The fourth-order valence-corrected chi connectivity index (χ4v) is 0.866. The second-order valence-electron chi connectivity index (χ2n) is 2.90. The summed E-state index contributed by atoms with van der Waals surface area (Å²) in [7, 11) is 0. The second-order valence-corrected chi connectivity index (χ2v) is 2.90. The molecule has 2 N–H and O–H groups in total. The van der Waals surface area contributed by atoms with Crippen LogP contribution in [-0.2, 0) is 0 Å². The van der Waals surface area contributed by atoms with E-state index in [1.807, 2.05) is 0 Å². The van der Waals surface area contributed by atoms with E-state index < -0.39 is 18.0 Å². The Morgan fingerprint density at radius 3 is 3.00 bits per heavy atom. The predicted octanol–water partition coefficient (Wildman–Crippen LogP) is 0.331. The highest BCUT2D eigenvalue weighted by Gasteiger charge is 2.07. The summed E-state index contributed by atoms with van der Waals surface area (Å²) in [6, 6.07) is 3.96. The third-order valence-corrected chi connectivity index (χ3v) is 1.51. The number of aromatic nitrogens is 1. The maximum atomic E-state index is 12.6. The van der Waals surface area contributed by atoms with E-state index >= 15 is 0 Å². The van der Waals surface area contributed by atoms with Gasteiger partial charge in [-0.25, -0.2) is 4.98 Å². The summed E-state index contributed by atoms with van der Waals surface area (Å²) in [5, 5.41) is 11.3. The lowest BCUT2D eigenvalue weighted by Crippen LogP contribution is -2.31. The second kappa shape index (κ2) is 4.66. The van der Waals surface area contributed by atoms with Crippen LogP contribution in [0.3, 0.4) is 0 Å². The van der Waals surface area contributed by atoms with Crippen LogP contribution in [-0.4, -0.2) is 28.6 Å². The van der Waals surface area contributed by atoms with Crippen LogP contribution in [0.4, 0.5) is 4.39 Å². The smallest absolute Gasteiger partial charge is 0.270 e. The zero-order valence-electron chi connectivity index (χ0n) is 7.70. The number of carbonyl (C=O) groups is 1. The Morgan fingerprint density at radius 2 is 2.43 bits per heavy atom. The van der Waals surface area contributed by atoms with Gasteiger partial charge in [-0.2, -0.15) is 4.39 Å². The van der Waals surface area contributed by atoms with E-state index in [0.717, 1.165) is 6.07 Å². The SMILES string of the molecule is CC(O)CNC(=O)c1cccc(F)n1. The van der Waals surface area contributed by atoms with Crippen LogP contribution in [0.1, 0.15) is 17.4 Å². The highest BCUT2D eigenvalue weighted by Crippen LogP contribution is 1.97. The van der Waals surface area contributed by atoms with E-state index in [1.165, 1.54) is 12.1 Å². The normalized spacial score (nSPS) is 12.2. The molecule has 0 aromatic carbocycles. The molecular formula is C9H11FN2O2. The number of carbonyl (C=O) groups excluding carboxylic acids is 1. The van der Waals surface area contributed by atoms with Crippen LogP contribution in [0.15, 0.2) is 18.2 Å². The number of hydrogen-bond acceptors (Lipinski definition) is 3. The van der Waals surface area contributed by atoms with Gasteiger partial charge in [0, 0.05) is 6.54 Å². The van der Waals surface area contributed by atoms with Gasteiger partial charge in [0.05, 0.1) is 6.10 Å². The van der Waals surface area contributed by atoms with Crippen molar-refractivity contribution in [3.63, 3.8) is 0 Å². The van der Waals surface area contributed by atoms with E-state index in [4.69, 9.17) is 5.11 Å². The monoisotopic (exact) mass is 198 g/mol. The van der Waals surface area contributed by atoms with Crippen LogP contribution >= 0.6 is 0 Å². The van der Waals surface area contributed by atoms with Gasteiger partial charge in [-0.05, 0) is 19.1 Å². The molecule has 14 heavy (non-hydrogen) atoms. The minimum Gasteiger partial charge on any atom is -0.392 e. The molecule has 0 bridgehead atoms. The van der Waals surface area contributed by atoms with E-state index in [9.17, 15) is 9.18 Å². The molecule has 1 unspecified atom stereocenters. The minimum absolute atomic E-state index is 0.00523. The van der Waals surface area contributed by atoms with Gasteiger partial charge in [0.1, 0.15) is 5.69 Å². The first-order valence-electron chi connectivity index (χ1n) is 4.18. The molecule has 0 radical (unpaired) electrons. The van der Waals surface area contributed by atoms with Crippen molar-refractivity contribution in [2.45, 2.75) is 13.0 Å². The Bertz CT molecular complexity index is 328. The molecule has 1 amide bonds. The Kier molecular flexibility index (Phi) is 3.53. The summed E-state index contributed by atoms with van der Waals surface area (Å²) in [6.45, 7) is 1.66. The molecule has 0 aliphatic heterocycles. The van der Waals surface area contributed by atoms with Crippen molar-refractivity contribution in [3.8, 4) is 0 Å². The molecular weight excluding hydrogens is 187 g/mol. The number of aliphatic hydroxyl groups is 1. The molecule has 1 atom stereocenters. The molecule has 0 fully saturated rings. The molecule has 5 heteroatoms. The number of halogens is 1. The van der Waals surface area contributed by atoms with Gasteiger partial charge in [-0.15, -0.1) is 0 Å². The van der Waals surface area contributed by atoms with E-state index in [0.29, 0.717) is 0 Å². The summed E-state index contributed by atoms with van der Waals surface area (Å²) in [5.41, 5.74) is 0.00523. The van der Waals surface area contributed by atoms with Crippen molar-refractivity contribution < 1.29 is 14.3 Å². The largest absolute Gasteiger partial charge is 0.392 e. The standard InChI is InChI=1S/C9H11FN2O2/c1-6(13)5-11-9(14)7-3-2-4-8(10)12-7/h2-4,6,13H,5H2,1H3,(H,11,14). The Labute approximate surface area is 80.8 Å². The van der Waals surface area contributed by atoms with Crippen LogP contribution in [0.5, 0.6) is 0 Å². The van der Waals surface area contributed by atoms with Crippen molar-refractivity contribution in [2.24, 2.45) is 0 Å². The van der Waals surface area contributed by atoms with E-state index in [1.54, 1.807) is 6.92 Å². The summed E-state index contributed by atoms with van der Waals surface area (Å²) >= 11 is 0. The maximum absolute atomic E-state index is 12.6. The van der Waals surface area contributed by atoms with Gasteiger partial charge < -0.3 is 10.4 Å². The first-order valence-corrected chi connectivity index (χ1v) is 4.18.